The maximum atomic E-state index is 11.9. The molecule has 0 aromatic heterocycles. The number of rotatable bonds is 5. The number of aromatic carboxylic acids is 1. The first kappa shape index (κ1) is 13.9. The van der Waals surface area contributed by atoms with Gasteiger partial charge in [0.2, 0.25) is 0 Å². The molecular weight excluding hydrogens is 434 g/mol. The minimum atomic E-state index is -0.974. The summed E-state index contributed by atoms with van der Waals surface area (Å²) in [6.07, 6.45) is 0. The van der Waals surface area contributed by atoms with Gasteiger partial charge < -0.3 is 5.11 Å². The van der Waals surface area contributed by atoms with E-state index in [0.29, 0.717) is 5.56 Å². The highest BCUT2D eigenvalue weighted by Crippen LogP contribution is 2.15. The molecule has 0 heterocycles. The van der Waals surface area contributed by atoms with Crippen molar-refractivity contribution in [2.75, 3.05) is 8.86 Å². The number of hydrogen-bond donors (Lipinski definition) is 1. The summed E-state index contributed by atoms with van der Waals surface area (Å²) in [5, 5.41) is 8.73. The number of carbonyl (C=O) groups is 2. The van der Waals surface area contributed by atoms with Gasteiger partial charge in [-0.2, -0.15) is 0 Å². The summed E-state index contributed by atoms with van der Waals surface area (Å²) in [7, 11) is 0. The van der Waals surface area contributed by atoms with Gasteiger partial charge in [0.05, 0.1) is 5.56 Å². The van der Waals surface area contributed by atoms with Gasteiger partial charge in [0.25, 0.3) is 0 Å². The Morgan fingerprint density at radius 2 is 1.50 bits per heavy atom. The van der Waals surface area contributed by atoms with E-state index in [-0.39, 0.29) is 17.3 Å². The van der Waals surface area contributed by atoms with E-state index in [1.165, 1.54) is 12.1 Å². The average molecular weight is 444 g/mol. The third-order valence-electron chi connectivity index (χ3n) is 2.16. The van der Waals surface area contributed by atoms with Crippen LogP contribution >= 0.6 is 45.2 Å². The summed E-state index contributed by atoms with van der Waals surface area (Å²) >= 11 is 4.38. The number of hydrogen-bond acceptors (Lipinski definition) is 2. The van der Waals surface area contributed by atoms with Crippen LogP contribution in [0, 0.1) is 5.92 Å². The molecule has 0 saturated carbocycles. The van der Waals surface area contributed by atoms with Gasteiger partial charge in [-0.05, 0) is 12.1 Å². The van der Waals surface area contributed by atoms with Gasteiger partial charge in [-0.15, -0.1) is 0 Å². The molecular formula is C11H10I2O3. The van der Waals surface area contributed by atoms with E-state index in [1.807, 2.05) is 0 Å². The monoisotopic (exact) mass is 444 g/mol. The summed E-state index contributed by atoms with van der Waals surface area (Å²) in [6, 6.07) is 6.09. The molecule has 5 heteroatoms. The topological polar surface area (TPSA) is 54.4 Å². The highest BCUT2D eigenvalue weighted by molar-refractivity contribution is 14.1. The Kier molecular flexibility index (Phi) is 5.67. The van der Waals surface area contributed by atoms with E-state index in [9.17, 15) is 9.59 Å². The zero-order chi connectivity index (χ0) is 12.1. The van der Waals surface area contributed by atoms with E-state index in [0.717, 1.165) is 8.86 Å². The molecule has 0 fully saturated rings. The number of carbonyl (C=O) groups excluding carboxylic acids is 1. The van der Waals surface area contributed by atoms with Gasteiger partial charge in [-0.25, -0.2) is 4.79 Å². The van der Waals surface area contributed by atoms with Crippen molar-refractivity contribution in [1.82, 2.24) is 0 Å². The van der Waals surface area contributed by atoms with E-state index >= 15 is 0 Å². The van der Waals surface area contributed by atoms with Crippen LogP contribution in [0.25, 0.3) is 0 Å². The lowest BCUT2D eigenvalue weighted by Crippen LogP contribution is -2.17. The minimum Gasteiger partial charge on any atom is -0.478 e. The Balaban J connectivity index is 2.89. The summed E-state index contributed by atoms with van der Waals surface area (Å²) in [5.41, 5.74) is 0.792. The number of ketones is 1. The largest absolute Gasteiger partial charge is 0.478 e. The lowest BCUT2D eigenvalue weighted by atomic mass is 10.00. The van der Waals surface area contributed by atoms with Crippen molar-refractivity contribution >= 4 is 56.9 Å². The lowest BCUT2D eigenvalue weighted by Gasteiger charge is -2.09. The van der Waals surface area contributed by atoms with Crippen LogP contribution in [0.5, 0.6) is 0 Å². The van der Waals surface area contributed by atoms with Crippen molar-refractivity contribution in [2.45, 2.75) is 0 Å². The van der Waals surface area contributed by atoms with Crippen molar-refractivity contribution in [3.63, 3.8) is 0 Å². The molecule has 1 N–H and O–H groups in total. The van der Waals surface area contributed by atoms with Crippen LogP contribution in [0.1, 0.15) is 20.7 Å². The predicted molar refractivity (Wildman–Crippen MR) is 79.0 cm³/mol. The molecule has 16 heavy (non-hydrogen) atoms. The smallest absolute Gasteiger partial charge is 0.335 e. The Bertz CT molecular complexity index is 383. The molecule has 0 unspecified atom stereocenters. The first-order valence-corrected chi connectivity index (χ1v) is 7.64. The van der Waals surface area contributed by atoms with Crippen molar-refractivity contribution in [3.05, 3.63) is 35.4 Å². The van der Waals surface area contributed by atoms with Gasteiger partial charge in [-0.1, -0.05) is 57.3 Å². The number of alkyl halides is 2. The number of carboxylic acids is 1. The van der Waals surface area contributed by atoms with Crippen molar-refractivity contribution in [1.29, 1.82) is 0 Å². The van der Waals surface area contributed by atoms with Crippen LogP contribution in [-0.2, 0) is 0 Å². The van der Waals surface area contributed by atoms with Crippen LogP contribution in [0.4, 0.5) is 0 Å². The van der Waals surface area contributed by atoms with Crippen molar-refractivity contribution in [3.8, 4) is 0 Å². The third-order valence-corrected chi connectivity index (χ3v) is 4.29. The Hall–Kier alpha value is -0.180. The average Bonchev–Trinajstić information content (AvgIpc) is 2.30. The molecule has 0 spiro atoms. The Labute approximate surface area is 121 Å². The van der Waals surface area contributed by atoms with Crippen LogP contribution in [0.2, 0.25) is 0 Å². The molecule has 86 valence electrons. The number of carboxylic acid groups (broad SMARTS) is 1. The normalized spacial score (nSPS) is 10.4. The molecule has 0 aliphatic carbocycles. The van der Waals surface area contributed by atoms with Crippen LogP contribution in [-0.4, -0.2) is 25.7 Å². The summed E-state index contributed by atoms with van der Waals surface area (Å²) in [6.45, 7) is 0. The molecule has 0 aliphatic heterocycles. The zero-order valence-corrected chi connectivity index (χ0v) is 12.6. The summed E-state index contributed by atoms with van der Waals surface area (Å²) in [5.74, 6) is -0.879. The molecule has 0 bridgehead atoms. The zero-order valence-electron chi connectivity index (χ0n) is 8.32. The maximum absolute atomic E-state index is 11.9. The Morgan fingerprint density at radius 3 is 1.88 bits per heavy atom. The first-order valence-electron chi connectivity index (χ1n) is 4.59. The lowest BCUT2D eigenvalue weighted by molar-refractivity contribution is 0.0696. The van der Waals surface area contributed by atoms with E-state index in [4.69, 9.17) is 5.11 Å². The maximum Gasteiger partial charge on any atom is 0.335 e. The minimum absolute atomic E-state index is 0.0110. The highest BCUT2D eigenvalue weighted by atomic mass is 127. The summed E-state index contributed by atoms with van der Waals surface area (Å²) < 4.78 is 1.56. The quantitative estimate of drug-likeness (QED) is 0.432. The second-order valence-corrected chi connectivity index (χ2v) is 5.01. The van der Waals surface area contributed by atoms with Gasteiger partial charge in [0.15, 0.2) is 5.78 Å². The Morgan fingerprint density at radius 1 is 1.06 bits per heavy atom. The van der Waals surface area contributed by atoms with Crippen molar-refractivity contribution < 1.29 is 14.7 Å². The first-order chi connectivity index (χ1) is 7.60. The molecule has 0 amide bonds. The molecule has 1 rings (SSSR count). The third kappa shape index (κ3) is 3.41. The fourth-order valence-electron chi connectivity index (χ4n) is 1.19. The van der Waals surface area contributed by atoms with Gasteiger partial charge in [-0.3, -0.25) is 4.79 Å². The van der Waals surface area contributed by atoms with Gasteiger partial charge >= 0.3 is 5.97 Å². The fraction of sp³-hybridized carbons (Fsp3) is 0.273. The van der Waals surface area contributed by atoms with Gasteiger partial charge in [0, 0.05) is 20.3 Å². The van der Waals surface area contributed by atoms with E-state index < -0.39 is 5.97 Å². The summed E-state index contributed by atoms with van der Waals surface area (Å²) in [4.78, 5) is 22.6. The van der Waals surface area contributed by atoms with Crippen molar-refractivity contribution in [2.24, 2.45) is 5.92 Å². The van der Waals surface area contributed by atoms with Crippen LogP contribution in [0.3, 0.4) is 0 Å². The fourth-order valence-corrected chi connectivity index (χ4v) is 3.81. The molecule has 3 nitrogen and oxygen atoms in total. The predicted octanol–water partition coefficient (Wildman–Crippen LogP) is 3.05. The van der Waals surface area contributed by atoms with Gasteiger partial charge in [0.1, 0.15) is 0 Å². The van der Waals surface area contributed by atoms with E-state index in [2.05, 4.69) is 45.2 Å². The standard InChI is InChI=1S/C11H10I2O3/c12-5-9(6-13)10(14)7-1-3-8(4-2-7)11(15)16/h1-4,9H,5-6H2,(H,15,16). The second kappa shape index (κ2) is 6.53. The van der Waals surface area contributed by atoms with Crippen LogP contribution in [0.15, 0.2) is 24.3 Å². The van der Waals surface area contributed by atoms with E-state index in [1.54, 1.807) is 12.1 Å². The number of halogens is 2. The molecule has 0 aliphatic rings. The SMILES string of the molecule is O=C(O)c1ccc(C(=O)C(CI)CI)cc1. The van der Waals surface area contributed by atoms with Crippen LogP contribution < -0.4 is 0 Å². The molecule has 0 saturated heterocycles. The number of benzene rings is 1. The highest BCUT2D eigenvalue weighted by Gasteiger charge is 2.17. The number of Topliss-reactive ketones (excluding diaryl/α,β-unsaturated/α-hetero) is 1. The molecule has 1 aromatic rings. The molecule has 0 atom stereocenters. The molecule has 1 aromatic carbocycles. The molecule has 0 radical (unpaired) electrons. The second-order valence-electron chi connectivity index (χ2n) is 3.25.